The van der Waals surface area contributed by atoms with Gasteiger partial charge >= 0.3 is 0 Å². The molecule has 4 atom stereocenters. The number of nitrogens with zero attached hydrogens (tertiary/aromatic N) is 4. The Hall–Kier alpha value is -1.95. The van der Waals surface area contributed by atoms with E-state index in [1.807, 2.05) is 13.0 Å². The number of hydrogen-bond acceptors (Lipinski definition) is 4. The van der Waals surface area contributed by atoms with Crippen LogP contribution in [0, 0.1) is 28.9 Å². The Morgan fingerprint density at radius 1 is 1.14 bits per heavy atom. The topological polar surface area (TPSA) is 62.0 Å². The van der Waals surface area contributed by atoms with Crippen molar-refractivity contribution in [3.8, 4) is 0 Å². The van der Waals surface area contributed by atoms with Gasteiger partial charge in [0.2, 0.25) is 0 Å². The molecule has 4 heterocycles. The maximum absolute atomic E-state index is 11.3. The molecular weight excluding hydrogens is 352 g/mol. The predicted molar refractivity (Wildman–Crippen MR) is 110 cm³/mol. The number of nitro groups is 1. The zero-order valence-corrected chi connectivity index (χ0v) is 16.7. The molecule has 0 aromatic heterocycles. The van der Waals surface area contributed by atoms with Crippen LogP contribution in [0.3, 0.4) is 0 Å². The maximum atomic E-state index is 11.3. The Bertz CT molecular complexity index is 806. The molecule has 0 N–H and O–H groups in total. The Morgan fingerprint density at radius 3 is 2.79 bits per heavy atom. The number of fused-ring (bicyclic) bond motifs is 2. The number of benzene rings is 1. The molecule has 0 spiro atoms. The minimum Gasteiger partial charge on any atom is -0.356 e. The van der Waals surface area contributed by atoms with E-state index in [9.17, 15) is 10.1 Å². The summed E-state index contributed by atoms with van der Waals surface area (Å²) in [5.41, 5.74) is 1.61. The molecule has 1 aromatic rings. The highest BCUT2D eigenvalue weighted by atomic mass is 16.6. The molecule has 4 aliphatic heterocycles. The molecule has 0 amide bonds. The van der Waals surface area contributed by atoms with E-state index in [1.54, 1.807) is 12.1 Å². The number of aliphatic imine (C=N–C) groups is 1. The largest absolute Gasteiger partial charge is 0.356 e. The first kappa shape index (κ1) is 18.1. The first-order chi connectivity index (χ1) is 13.6. The fraction of sp³-hybridized carbons (Fsp3) is 0.682. The zero-order valence-electron chi connectivity index (χ0n) is 16.7. The van der Waals surface area contributed by atoms with Crippen LogP contribution in [0.5, 0.6) is 0 Å². The van der Waals surface area contributed by atoms with Crippen LogP contribution in [0.15, 0.2) is 23.2 Å². The summed E-state index contributed by atoms with van der Waals surface area (Å²) in [6, 6.07) is 6.65. The van der Waals surface area contributed by atoms with Gasteiger partial charge in [-0.2, -0.15) is 0 Å². The van der Waals surface area contributed by atoms with E-state index in [1.165, 1.54) is 57.5 Å². The van der Waals surface area contributed by atoms with Gasteiger partial charge in [-0.25, -0.2) is 4.99 Å². The molecule has 150 valence electrons. The van der Waals surface area contributed by atoms with Gasteiger partial charge < -0.3 is 4.90 Å². The molecule has 4 fully saturated rings. The molecule has 0 radical (unpaired) electrons. The molecule has 0 unspecified atom stereocenters. The fourth-order valence-electron chi connectivity index (χ4n) is 6.46. The molecule has 5 rings (SSSR count). The number of amidine groups is 1. The van der Waals surface area contributed by atoms with Gasteiger partial charge in [0.1, 0.15) is 5.84 Å². The molecular formula is C22H30N4O2. The van der Waals surface area contributed by atoms with Gasteiger partial charge in [-0.15, -0.1) is 0 Å². The van der Waals surface area contributed by atoms with Crippen LogP contribution >= 0.6 is 0 Å². The van der Waals surface area contributed by atoms with Crippen LogP contribution in [-0.4, -0.2) is 52.3 Å². The second kappa shape index (κ2) is 7.14. The smallest absolute Gasteiger partial charge is 0.274 e. The van der Waals surface area contributed by atoms with Gasteiger partial charge in [-0.1, -0.05) is 6.07 Å². The Morgan fingerprint density at radius 2 is 1.96 bits per heavy atom. The monoisotopic (exact) mass is 382 g/mol. The lowest BCUT2D eigenvalue weighted by Crippen LogP contribution is -2.66. The summed E-state index contributed by atoms with van der Waals surface area (Å²) >= 11 is 0. The van der Waals surface area contributed by atoms with Crippen molar-refractivity contribution in [2.75, 3.05) is 19.6 Å². The second-order valence-electron chi connectivity index (χ2n) is 9.05. The van der Waals surface area contributed by atoms with E-state index in [0.717, 1.165) is 36.5 Å². The number of piperidine rings is 4. The molecule has 6 heteroatoms. The van der Waals surface area contributed by atoms with Crippen molar-refractivity contribution < 1.29 is 4.92 Å². The molecule has 6 nitrogen and oxygen atoms in total. The molecule has 4 aliphatic rings. The number of hydrogen-bond donors (Lipinski definition) is 0. The van der Waals surface area contributed by atoms with Gasteiger partial charge in [-0.3, -0.25) is 15.0 Å². The molecule has 1 aromatic carbocycles. The minimum atomic E-state index is -0.299. The Balaban J connectivity index is 1.48. The zero-order chi connectivity index (χ0) is 19.3. The number of rotatable bonds is 2. The van der Waals surface area contributed by atoms with Crippen LogP contribution in [0.1, 0.15) is 50.5 Å². The summed E-state index contributed by atoms with van der Waals surface area (Å²) in [4.78, 5) is 21.4. The SMILES string of the molecule is Cc1c(N=C2CCC[C@@H]3[C@H]4CCCN5CCC[C@@H](CN23)[C@@H]45)cccc1[N+](=O)[O-]. The lowest BCUT2D eigenvalue weighted by Gasteiger charge is -2.59. The van der Waals surface area contributed by atoms with Gasteiger partial charge in [0.05, 0.1) is 16.2 Å². The molecule has 0 aliphatic carbocycles. The summed E-state index contributed by atoms with van der Waals surface area (Å²) in [5.74, 6) is 2.69. The highest BCUT2D eigenvalue weighted by molar-refractivity contribution is 5.86. The standard InChI is InChI=1S/C22H30N4O2/c1-15-18(8-2-9-19(15)26(27)28)23-21-11-3-10-20-17-7-5-13-24-12-4-6-16(22(17)24)14-25(20)21/h2,8-9,16-17,20,22H,3-7,10-14H2,1H3/t16-,17+,20+,22-/m0/s1. The third kappa shape index (κ3) is 2.93. The van der Waals surface area contributed by atoms with Crippen molar-refractivity contribution in [1.82, 2.24) is 9.80 Å². The first-order valence-electron chi connectivity index (χ1n) is 11.0. The van der Waals surface area contributed by atoms with Gasteiger partial charge in [0, 0.05) is 31.1 Å². The van der Waals surface area contributed by atoms with Gasteiger partial charge in [-0.05, 0) is 76.4 Å². The van der Waals surface area contributed by atoms with E-state index >= 15 is 0 Å². The van der Waals surface area contributed by atoms with Crippen LogP contribution < -0.4 is 0 Å². The van der Waals surface area contributed by atoms with E-state index in [0.29, 0.717) is 11.6 Å². The minimum absolute atomic E-state index is 0.170. The van der Waals surface area contributed by atoms with Crippen molar-refractivity contribution in [2.24, 2.45) is 16.8 Å². The Labute approximate surface area is 166 Å². The second-order valence-corrected chi connectivity index (χ2v) is 9.05. The van der Waals surface area contributed by atoms with Gasteiger partial charge in [0.15, 0.2) is 0 Å². The van der Waals surface area contributed by atoms with Crippen LogP contribution in [0.25, 0.3) is 0 Å². The number of nitro benzene ring substituents is 1. The summed E-state index contributed by atoms with van der Waals surface area (Å²) in [6.07, 6.45) is 8.78. The summed E-state index contributed by atoms with van der Waals surface area (Å²) in [5, 5.41) is 11.3. The van der Waals surface area contributed by atoms with Crippen LogP contribution in [0.4, 0.5) is 11.4 Å². The van der Waals surface area contributed by atoms with Crippen molar-refractivity contribution in [1.29, 1.82) is 0 Å². The Kier molecular flexibility index (Phi) is 4.62. The van der Waals surface area contributed by atoms with Crippen molar-refractivity contribution in [3.63, 3.8) is 0 Å². The first-order valence-corrected chi connectivity index (χ1v) is 11.0. The van der Waals surface area contributed by atoms with Crippen LogP contribution in [-0.2, 0) is 0 Å². The third-order valence-corrected chi connectivity index (χ3v) is 7.63. The summed E-state index contributed by atoms with van der Waals surface area (Å²) < 4.78 is 0. The summed E-state index contributed by atoms with van der Waals surface area (Å²) in [7, 11) is 0. The molecule has 0 bridgehead atoms. The van der Waals surface area contributed by atoms with E-state index in [-0.39, 0.29) is 10.6 Å². The van der Waals surface area contributed by atoms with Gasteiger partial charge in [0.25, 0.3) is 5.69 Å². The van der Waals surface area contributed by atoms with E-state index < -0.39 is 0 Å². The highest BCUT2D eigenvalue weighted by Gasteiger charge is 2.49. The fourth-order valence-corrected chi connectivity index (χ4v) is 6.46. The lowest BCUT2D eigenvalue weighted by molar-refractivity contribution is -0.385. The van der Waals surface area contributed by atoms with E-state index in [2.05, 4.69) is 9.80 Å². The van der Waals surface area contributed by atoms with Crippen LogP contribution in [0.2, 0.25) is 0 Å². The maximum Gasteiger partial charge on any atom is 0.274 e. The quantitative estimate of drug-likeness (QED) is 0.565. The van der Waals surface area contributed by atoms with Crippen molar-refractivity contribution in [2.45, 2.75) is 64.0 Å². The average Bonchev–Trinajstić information content (AvgIpc) is 2.70. The molecule has 28 heavy (non-hydrogen) atoms. The average molecular weight is 383 g/mol. The third-order valence-electron chi connectivity index (χ3n) is 7.63. The predicted octanol–water partition coefficient (Wildman–Crippen LogP) is 4.29. The molecule has 4 saturated heterocycles. The lowest BCUT2D eigenvalue weighted by atomic mass is 9.68. The molecule has 0 saturated carbocycles. The summed E-state index contributed by atoms with van der Waals surface area (Å²) in [6.45, 7) is 5.52. The van der Waals surface area contributed by atoms with Crippen molar-refractivity contribution >= 4 is 17.2 Å². The van der Waals surface area contributed by atoms with Crippen molar-refractivity contribution in [3.05, 3.63) is 33.9 Å². The normalized spacial score (nSPS) is 34.0. The highest BCUT2D eigenvalue weighted by Crippen LogP contribution is 2.45. The van der Waals surface area contributed by atoms with E-state index in [4.69, 9.17) is 4.99 Å².